The van der Waals surface area contributed by atoms with E-state index in [1.165, 1.54) is 32.4 Å². The summed E-state index contributed by atoms with van der Waals surface area (Å²) in [7, 11) is 2.02. The molecule has 66 valence electrons. The molecule has 1 saturated heterocycles. The van der Waals surface area contributed by atoms with Crippen LogP contribution < -0.4 is 5.43 Å². The Morgan fingerprint density at radius 1 is 1.36 bits per heavy atom. The summed E-state index contributed by atoms with van der Waals surface area (Å²) in [6.07, 6.45) is 4.00. The fourth-order valence-electron chi connectivity index (χ4n) is 1.95. The normalized spacial score (nSPS) is 24.3. The number of hydrogen-bond donors (Lipinski definition) is 1. The summed E-state index contributed by atoms with van der Waals surface area (Å²) in [5.41, 5.74) is 3.83. The van der Waals surface area contributed by atoms with E-state index in [0.717, 1.165) is 0 Å². The van der Waals surface area contributed by atoms with Crippen LogP contribution in [0, 0.1) is 5.41 Å². The van der Waals surface area contributed by atoms with Crippen molar-refractivity contribution in [3.05, 3.63) is 0 Å². The minimum Gasteiger partial charge on any atom is -0.258 e. The van der Waals surface area contributed by atoms with Crippen LogP contribution in [0.25, 0.3) is 0 Å². The van der Waals surface area contributed by atoms with Crippen LogP contribution in [-0.2, 0) is 0 Å². The second-order valence-corrected chi connectivity index (χ2v) is 3.60. The van der Waals surface area contributed by atoms with Crippen LogP contribution in [0.3, 0.4) is 0 Å². The summed E-state index contributed by atoms with van der Waals surface area (Å²) in [5, 5.41) is 2.33. The zero-order valence-corrected chi connectivity index (χ0v) is 7.98. The molecule has 0 aromatic rings. The van der Waals surface area contributed by atoms with Gasteiger partial charge in [-0.15, -0.1) is 0 Å². The Balaban J connectivity index is 2.48. The molecule has 0 radical (unpaired) electrons. The van der Waals surface area contributed by atoms with Crippen LogP contribution in [0.5, 0.6) is 0 Å². The van der Waals surface area contributed by atoms with Crippen molar-refractivity contribution in [1.29, 1.82) is 0 Å². The standard InChI is InChI=1S/C9H20N2/c1-4-9(5-2)6-7-11(8-9)10-3/h10H,4-8H2,1-3H3. The first-order valence-corrected chi connectivity index (χ1v) is 4.68. The molecule has 1 aliphatic rings. The zero-order valence-electron chi connectivity index (χ0n) is 7.98. The molecule has 1 aliphatic heterocycles. The van der Waals surface area contributed by atoms with Gasteiger partial charge in [0.2, 0.25) is 0 Å². The Morgan fingerprint density at radius 2 is 2.00 bits per heavy atom. The molecule has 0 aromatic heterocycles. The van der Waals surface area contributed by atoms with Crippen LogP contribution in [0.4, 0.5) is 0 Å². The highest BCUT2D eigenvalue weighted by atomic mass is 15.5. The van der Waals surface area contributed by atoms with Gasteiger partial charge in [0.25, 0.3) is 0 Å². The lowest BCUT2D eigenvalue weighted by Crippen LogP contribution is -2.34. The topological polar surface area (TPSA) is 15.3 Å². The first kappa shape index (κ1) is 9.01. The van der Waals surface area contributed by atoms with E-state index in [4.69, 9.17) is 0 Å². The summed E-state index contributed by atoms with van der Waals surface area (Å²) in [6.45, 7) is 7.07. The second-order valence-electron chi connectivity index (χ2n) is 3.60. The van der Waals surface area contributed by atoms with E-state index in [1.807, 2.05) is 7.05 Å². The summed E-state index contributed by atoms with van der Waals surface area (Å²) < 4.78 is 0. The molecule has 2 nitrogen and oxygen atoms in total. The Hall–Kier alpha value is -0.0800. The van der Waals surface area contributed by atoms with Gasteiger partial charge in [-0.1, -0.05) is 13.8 Å². The summed E-state index contributed by atoms with van der Waals surface area (Å²) in [6, 6.07) is 0. The fraction of sp³-hybridized carbons (Fsp3) is 1.00. The van der Waals surface area contributed by atoms with E-state index in [1.54, 1.807) is 0 Å². The predicted octanol–water partition coefficient (Wildman–Crippen LogP) is 1.63. The highest BCUT2D eigenvalue weighted by Gasteiger charge is 2.34. The summed E-state index contributed by atoms with van der Waals surface area (Å²) >= 11 is 0. The zero-order chi connectivity index (χ0) is 8.32. The van der Waals surface area contributed by atoms with Crippen molar-refractivity contribution in [3.8, 4) is 0 Å². The smallest absolute Gasteiger partial charge is 0.0187 e. The van der Waals surface area contributed by atoms with E-state index in [0.29, 0.717) is 5.41 Å². The molecule has 1 rings (SSSR count). The predicted molar refractivity (Wildman–Crippen MR) is 48.3 cm³/mol. The van der Waals surface area contributed by atoms with Crippen molar-refractivity contribution in [1.82, 2.24) is 10.4 Å². The van der Waals surface area contributed by atoms with Gasteiger partial charge in [-0.05, 0) is 31.7 Å². The molecule has 0 aromatic carbocycles. The maximum absolute atomic E-state index is 3.22. The van der Waals surface area contributed by atoms with Crippen LogP contribution >= 0.6 is 0 Å². The maximum atomic E-state index is 3.22. The van der Waals surface area contributed by atoms with Crippen molar-refractivity contribution in [2.75, 3.05) is 20.1 Å². The van der Waals surface area contributed by atoms with E-state index in [-0.39, 0.29) is 0 Å². The number of rotatable bonds is 3. The maximum Gasteiger partial charge on any atom is 0.0187 e. The molecule has 0 unspecified atom stereocenters. The van der Waals surface area contributed by atoms with Gasteiger partial charge in [-0.25, -0.2) is 5.01 Å². The van der Waals surface area contributed by atoms with Crippen molar-refractivity contribution < 1.29 is 0 Å². The first-order chi connectivity index (χ1) is 5.26. The number of hydrogen-bond acceptors (Lipinski definition) is 2. The Kier molecular flexibility index (Phi) is 2.90. The Morgan fingerprint density at radius 3 is 2.27 bits per heavy atom. The molecule has 0 saturated carbocycles. The Bertz CT molecular complexity index is 119. The van der Waals surface area contributed by atoms with Crippen LogP contribution in [0.15, 0.2) is 0 Å². The highest BCUT2D eigenvalue weighted by Crippen LogP contribution is 2.35. The van der Waals surface area contributed by atoms with Gasteiger partial charge >= 0.3 is 0 Å². The van der Waals surface area contributed by atoms with Crippen molar-refractivity contribution >= 4 is 0 Å². The summed E-state index contributed by atoms with van der Waals surface area (Å²) in [4.78, 5) is 0. The first-order valence-electron chi connectivity index (χ1n) is 4.68. The molecule has 0 atom stereocenters. The molecule has 1 heterocycles. The van der Waals surface area contributed by atoms with Crippen LogP contribution in [-0.4, -0.2) is 25.1 Å². The van der Waals surface area contributed by atoms with Gasteiger partial charge in [0.15, 0.2) is 0 Å². The molecular formula is C9H20N2. The quantitative estimate of drug-likeness (QED) is 0.668. The molecular weight excluding hydrogens is 136 g/mol. The third-order valence-corrected chi connectivity index (χ3v) is 3.25. The third-order valence-electron chi connectivity index (χ3n) is 3.25. The lowest BCUT2D eigenvalue weighted by Gasteiger charge is -2.25. The number of nitrogens with one attached hydrogen (secondary N) is 1. The number of hydrazine groups is 1. The fourth-order valence-corrected chi connectivity index (χ4v) is 1.95. The van der Waals surface area contributed by atoms with E-state index >= 15 is 0 Å². The largest absolute Gasteiger partial charge is 0.258 e. The second kappa shape index (κ2) is 3.55. The molecule has 0 bridgehead atoms. The van der Waals surface area contributed by atoms with Gasteiger partial charge in [0, 0.05) is 13.1 Å². The lowest BCUT2D eigenvalue weighted by atomic mass is 9.82. The molecule has 11 heavy (non-hydrogen) atoms. The van der Waals surface area contributed by atoms with Crippen molar-refractivity contribution in [2.24, 2.45) is 5.41 Å². The Labute approximate surface area is 69.9 Å². The lowest BCUT2D eigenvalue weighted by molar-refractivity contribution is 0.202. The average Bonchev–Trinajstić information content (AvgIpc) is 2.49. The van der Waals surface area contributed by atoms with E-state index in [2.05, 4.69) is 24.3 Å². The monoisotopic (exact) mass is 156 g/mol. The van der Waals surface area contributed by atoms with Gasteiger partial charge in [0.1, 0.15) is 0 Å². The van der Waals surface area contributed by atoms with Gasteiger partial charge in [-0.3, -0.25) is 5.43 Å². The number of nitrogens with zero attached hydrogens (tertiary/aromatic N) is 1. The molecule has 0 aliphatic carbocycles. The minimum absolute atomic E-state index is 0.614. The van der Waals surface area contributed by atoms with Gasteiger partial charge in [0.05, 0.1) is 0 Å². The van der Waals surface area contributed by atoms with Gasteiger partial charge in [-0.2, -0.15) is 0 Å². The minimum atomic E-state index is 0.614. The molecule has 1 fully saturated rings. The average molecular weight is 156 g/mol. The molecule has 0 spiro atoms. The summed E-state index contributed by atoms with van der Waals surface area (Å²) in [5.74, 6) is 0. The molecule has 0 amide bonds. The van der Waals surface area contributed by atoms with Crippen molar-refractivity contribution in [3.63, 3.8) is 0 Å². The van der Waals surface area contributed by atoms with Crippen molar-refractivity contribution in [2.45, 2.75) is 33.1 Å². The van der Waals surface area contributed by atoms with Gasteiger partial charge < -0.3 is 0 Å². The SMILES string of the molecule is CCC1(CC)CCN(NC)C1. The third kappa shape index (κ3) is 1.74. The van der Waals surface area contributed by atoms with Crippen LogP contribution in [0.2, 0.25) is 0 Å². The molecule has 2 heteroatoms. The molecule has 1 N–H and O–H groups in total. The highest BCUT2D eigenvalue weighted by molar-refractivity contribution is 4.85. The van der Waals surface area contributed by atoms with Crippen LogP contribution in [0.1, 0.15) is 33.1 Å². The van der Waals surface area contributed by atoms with E-state index in [9.17, 15) is 0 Å². The van der Waals surface area contributed by atoms with E-state index < -0.39 is 0 Å².